The molecule has 7 heteroatoms. The van der Waals surface area contributed by atoms with Crippen molar-refractivity contribution in [1.29, 1.82) is 0 Å². The molecule has 192 valence electrons. The van der Waals surface area contributed by atoms with Crippen LogP contribution in [0.15, 0.2) is 76.5 Å². The molecule has 0 bridgehead atoms. The average Bonchev–Trinajstić information content (AvgIpc) is 3.07. The molecule has 0 saturated carbocycles. The van der Waals surface area contributed by atoms with Crippen molar-refractivity contribution in [1.82, 2.24) is 10.2 Å². The minimum absolute atomic E-state index is 0.0278. The molecule has 2 N–H and O–H groups in total. The second kappa shape index (κ2) is 11.6. The van der Waals surface area contributed by atoms with Gasteiger partial charge in [0, 0.05) is 70.0 Å². The van der Waals surface area contributed by atoms with Gasteiger partial charge < -0.3 is 15.5 Å². The first kappa shape index (κ1) is 25.7. The molecule has 1 fully saturated rings. The standard InChI is InChI=1S/C30H33ClN4OS/c1-3-26-25-18-21(2)8-10-28(25)37-29-11-9-22(19-27(29)33-26)30(36)32-12-5-13-34-14-16-35(17-15-34)24-7-4-6-23(31)20-24/h3-4,6-11,18-20,33H,5,12-17H2,1-2H3,(H,32,36). The number of benzene rings is 3. The molecule has 3 aromatic carbocycles. The predicted molar refractivity (Wildman–Crippen MR) is 156 cm³/mol. The third-order valence-electron chi connectivity index (χ3n) is 6.93. The Morgan fingerprint density at radius 3 is 2.65 bits per heavy atom. The fourth-order valence-corrected chi connectivity index (χ4v) is 6.06. The minimum atomic E-state index is -0.0278. The molecule has 5 nitrogen and oxygen atoms in total. The van der Waals surface area contributed by atoms with E-state index in [4.69, 9.17) is 11.6 Å². The summed E-state index contributed by atoms with van der Waals surface area (Å²) < 4.78 is 0. The maximum absolute atomic E-state index is 12.9. The van der Waals surface area contributed by atoms with Crippen LogP contribution in [0.1, 0.15) is 34.8 Å². The topological polar surface area (TPSA) is 47.6 Å². The highest BCUT2D eigenvalue weighted by molar-refractivity contribution is 7.99. The summed E-state index contributed by atoms with van der Waals surface area (Å²) >= 11 is 7.89. The number of hydrogen-bond donors (Lipinski definition) is 2. The molecule has 0 unspecified atom stereocenters. The van der Waals surface area contributed by atoms with Crippen molar-refractivity contribution in [2.24, 2.45) is 0 Å². The number of nitrogens with zero attached hydrogens (tertiary/aromatic N) is 2. The molecule has 3 aromatic rings. The summed E-state index contributed by atoms with van der Waals surface area (Å²) in [4.78, 5) is 20.1. The highest BCUT2D eigenvalue weighted by Crippen LogP contribution is 2.42. The number of carbonyl (C=O) groups is 1. The van der Waals surface area contributed by atoms with Crippen LogP contribution < -0.4 is 15.5 Å². The first-order chi connectivity index (χ1) is 18.0. The fourth-order valence-electron chi connectivity index (χ4n) is 4.87. The molecule has 0 aliphatic carbocycles. The zero-order valence-electron chi connectivity index (χ0n) is 21.4. The zero-order chi connectivity index (χ0) is 25.8. The number of piperazine rings is 1. The highest BCUT2D eigenvalue weighted by atomic mass is 35.5. The molecule has 2 aliphatic heterocycles. The maximum Gasteiger partial charge on any atom is 0.251 e. The van der Waals surface area contributed by atoms with Gasteiger partial charge in [0.1, 0.15) is 0 Å². The molecular weight excluding hydrogens is 500 g/mol. The average molecular weight is 533 g/mol. The van der Waals surface area contributed by atoms with Crippen molar-refractivity contribution in [2.45, 2.75) is 30.1 Å². The van der Waals surface area contributed by atoms with Gasteiger partial charge in [-0.15, -0.1) is 0 Å². The number of amides is 1. The summed E-state index contributed by atoms with van der Waals surface area (Å²) in [5.74, 6) is -0.0278. The van der Waals surface area contributed by atoms with Gasteiger partial charge in [0.25, 0.3) is 5.91 Å². The fraction of sp³-hybridized carbons (Fsp3) is 0.300. The van der Waals surface area contributed by atoms with Gasteiger partial charge in [0.2, 0.25) is 0 Å². The van der Waals surface area contributed by atoms with E-state index in [1.807, 2.05) is 43.3 Å². The molecule has 37 heavy (non-hydrogen) atoms. The number of carbonyl (C=O) groups excluding carboxylic acids is 1. The summed E-state index contributed by atoms with van der Waals surface area (Å²) in [6, 6.07) is 20.5. The number of halogens is 1. The Bertz CT molecular complexity index is 1320. The number of anilines is 2. The molecular formula is C30H33ClN4OS. The van der Waals surface area contributed by atoms with Gasteiger partial charge in [-0.1, -0.05) is 47.1 Å². The Kier molecular flexibility index (Phi) is 8.08. The smallest absolute Gasteiger partial charge is 0.251 e. The van der Waals surface area contributed by atoms with Gasteiger partial charge in [0.15, 0.2) is 0 Å². The van der Waals surface area contributed by atoms with Gasteiger partial charge in [-0.05, 0) is 75.3 Å². The summed E-state index contributed by atoms with van der Waals surface area (Å²) in [5.41, 5.74) is 6.33. The van der Waals surface area contributed by atoms with E-state index in [9.17, 15) is 4.79 Å². The van der Waals surface area contributed by atoms with E-state index in [2.05, 4.69) is 57.7 Å². The lowest BCUT2D eigenvalue weighted by atomic mass is 10.1. The number of rotatable bonds is 6. The number of allylic oxidation sites excluding steroid dienone is 1. The van der Waals surface area contributed by atoms with E-state index in [1.165, 1.54) is 21.7 Å². The lowest BCUT2D eigenvalue weighted by Gasteiger charge is -2.36. The monoisotopic (exact) mass is 532 g/mol. The van der Waals surface area contributed by atoms with Crippen LogP contribution in [0.2, 0.25) is 5.02 Å². The van der Waals surface area contributed by atoms with Crippen LogP contribution in [0.3, 0.4) is 0 Å². The van der Waals surface area contributed by atoms with Crippen LogP contribution in [0, 0.1) is 6.92 Å². The Labute approximate surface area is 228 Å². The molecule has 0 atom stereocenters. The van der Waals surface area contributed by atoms with Crippen LogP contribution in [-0.4, -0.2) is 50.1 Å². The molecule has 0 spiro atoms. The van der Waals surface area contributed by atoms with Gasteiger partial charge in [-0.3, -0.25) is 9.69 Å². The largest absolute Gasteiger partial charge is 0.369 e. The summed E-state index contributed by atoms with van der Waals surface area (Å²) in [6.45, 7) is 9.81. The van der Waals surface area contributed by atoms with E-state index in [1.54, 1.807) is 11.8 Å². The maximum atomic E-state index is 12.9. The van der Waals surface area contributed by atoms with Crippen LogP contribution >= 0.6 is 23.4 Å². The lowest BCUT2D eigenvalue weighted by molar-refractivity contribution is 0.0951. The summed E-state index contributed by atoms with van der Waals surface area (Å²) in [7, 11) is 0. The molecule has 0 radical (unpaired) electrons. The van der Waals surface area contributed by atoms with E-state index >= 15 is 0 Å². The van der Waals surface area contributed by atoms with E-state index in [0.29, 0.717) is 12.1 Å². The van der Waals surface area contributed by atoms with Crippen molar-refractivity contribution in [2.75, 3.05) is 49.5 Å². The molecule has 2 heterocycles. The van der Waals surface area contributed by atoms with Crippen LogP contribution in [0.25, 0.3) is 5.70 Å². The molecule has 0 aromatic heterocycles. The Morgan fingerprint density at radius 1 is 1.05 bits per heavy atom. The van der Waals surface area contributed by atoms with Gasteiger partial charge in [-0.25, -0.2) is 0 Å². The highest BCUT2D eigenvalue weighted by Gasteiger charge is 2.20. The molecule has 2 aliphatic rings. The summed E-state index contributed by atoms with van der Waals surface area (Å²) in [5, 5.41) is 7.45. The third kappa shape index (κ3) is 6.15. The number of fused-ring (bicyclic) bond motifs is 2. The lowest BCUT2D eigenvalue weighted by Crippen LogP contribution is -2.47. The molecule has 1 amide bonds. The first-order valence-electron chi connectivity index (χ1n) is 12.9. The van der Waals surface area contributed by atoms with E-state index < -0.39 is 0 Å². The Hall–Kier alpha value is -2.93. The van der Waals surface area contributed by atoms with Gasteiger partial charge in [0.05, 0.1) is 5.69 Å². The van der Waals surface area contributed by atoms with Gasteiger partial charge >= 0.3 is 0 Å². The Morgan fingerprint density at radius 2 is 1.86 bits per heavy atom. The molecule has 1 saturated heterocycles. The van der Waals surface area contributed by atoms with Gasteiger partial charge in [-0.2, -0.15) is 0 Å². The van der Waals surface area contributed by atoms with Crippen LogP contribution in [-0.2, 0) is 0 Å². The second-order valence-corrected chi connectivity index (χ2v) is 11.1. The minimum Gasteiger partial charge on any atom is -0.369 e. The SMILES string of the molecule is CC=C1Nc2cc(C(=O)NCCCN3CCN(c4cccc(Cl)c4)CC3)ccc2Sc2ccc(C)cc21. The van der Waals surface area contributed by atoms with Crippen molar-refractivity contribution in [3.05, 3.63) is 88.5 Å². The van der Waals surface area contributed by atoms with Crippen molar-refractivity contribution < 1.29 is 4.79 Å². The molecule has 5 rings (SSSR count). The van der Waals surface area contributed by atoms with Crippen LogP contribution in [0.5, 0.6) is 0 Å². The Balaban J connectivity index is 1.12. The second-order valence-electron chi connectivity index (χ2n) is 9.56. The normalized spacial score (nSPS) is 16.5. The number of nitrogens with one attached hydrogen (secondary N) is 2. The zero-order valence-corrected chi connectivity index (χ0v) is 23.0. The van der Waals surface area contributed by atoms with Crippen molar-refractivity contribution >= 4 is 46.3 Å². The van der Waals surface area contributed by atoms with E-state index in [-0.39, 0.29) is 5.91 Å². The number of aryl methyl sites for hydroxylation is 1. The van der Waals surface area contributed by atoms with Crippen LogP contribution in [0.4, 0.5) is 11.4 Å². The van der Waals surface area contributed by atoms with Crippen molar-refractivity contribution in [3.8, 4) is 0 Å². The van der Waals surface area contributed by atoms with Crippen molar-refractivity contribution in [3.63, 3.8) is 0 Å². The predicted octanol–water partition coefficient (Wildman–Crippen LogP) is 6.53. The number of hydrogen-bond acceptors (Lipinski definition) is 5. The summed E-state index contributed by atoms with van der Waals surface area (Å²) in [6.07, 6.45) is 3.02. The quantitative estimate of drug-likeness (QED) is 0.353. The first-order valence-corrected chi connectivity index (χ1v) is 14.1. The third-order valence-corrected chi connectivity index (χ3v) is 8.31. The van der Waals surface area contributed by atoms with E-state index in [0.717, 1.165) is 60.4 Å².